The fourth-order valence-electron chi connectivity index (χ4n) is 3.20. The average Bonchev–Trinajstić information content (AvgIpc) is 3.49. The van der Waals surface area contributed by atoms with Gasteiger partial charge in [0, 0.05) is 41.7 Å². The van der Waals surface area contributed by atoms with Crippen LogP contribution in [0.4, 0.5) is 11.6 Å². The summed E-state index contributed by atoms with van der Waals surface area (Å²) < 4.78 is 1.07. The summed E-state index contributed by atoms with van der Waals surface area (Å²) in [7, 11) is 1.82. The first kappa shape index (κ1) is 17.6. The third kappa shape index (κ3) is 3.39. The molecule has 5 rings (SSSR count). The van der Waals surface area contributed by atoms with Crippen LogP contribution in [0.2, 0.25) is 0 Å². The van der Waals surface area contributed by atoms with Gasteiger partial charge in [0.15, 0.2) is 0 Å². The Morgan fingerprint density at radius 3 is 2.79 bits per heavy atom. The van der Waals surface area contributed by atoms with Crippen molar-refractivity contribution < 1.29 is 4.79 Å². The molecule has 1 aliphatic rings. The van der Waals surface area contributed by atoms with Gasteiger partial charge in [-0.3, -0.25) is 4.79 Å². The molecule has 4 aromatic rings. The number of thiazole rings is 1. The highest BCUT2D eigenvalue weighted by molar-refractivity contribution is 7.17. The Kier molecular flexibility index (Phi) is 4.34. The number of aromatic nitrogens is 3. The molecule has 0 unspecified atom stereocenters. The standard InChI is InChI=1S/C22H17N5OS/c1-23-21-17-11-24-19(27-22(28)14-6-7-14)9-16(17)15(10-25-21)8-5-13-3-2-4-18-20(13)29-12-26-18/h2-4,9-12,14H,6-7H2,1H3,(H,23,25)(H,24,27,28). The van der Waals surface area contributed by atoms with E-state index in [1.165, 1.54) is 0 Å². The lowest BCUT2D eigenvalue weighted by Gasteiger charge is -2.09. The van der Waals surface area contributed by atoms with Crippen molar-refractivity contribution >= 4 is 49.9 Å². The number of nitrogens with zero attached hydrogens (tertiary/aromatic N) is 3. The molecular formula is C22H17N5OS. The molecule has 2 N–H and O–H groups in total. The summed E-state index contributed by atoms with van der Waals surface area (Å²) >= 11 is 1.58. The third-order valence-electron chi connectivity index (χ3n) is 4.90. The molecule has 6 nitrogen and oxygen atoms in total. The van der Waals surface area contributed by atoms with Crippen molar-refractivity contribution in [2.75, 3.05) is 17.7 Å². The normalized spacial score (nSPS) is 13.1. The van der Waals surface area contributed by atoms with Crippen molar-refractivity contribution in [3.8, 4) is 11.8 Å². The van der Waals surface area contributed by atoms with Crippen LogP contribution in [0.3, 0.4) is 0 Å². The second-order valence-electron chi connectivity index (χ2n) is 6.91. The maximum Gasteiger partial charge on any atom is 0.228 e. The Morgan fingerprint density at radius 1 is 1.10 bits per heavy atom. The number of pyridine rings is 2. The predicted octanol–water partition coefficient (Wildman–Crippen LogP) is 4.03. The molecule has 7 heteroatoms. The van der Waals surface area contributed by atoms with Crippen LogP contribution in [-0.4, -0.2) is 27.9 Å². The lowest BCUT2D eigenvalue weighted by molar-refractivity contribution is -0.117. The van der Waals surface area contributed by atoms with E-state index in [1.807, 2.05) is 36.8 Å². The number of carbonyl (C=O) groups excluding carboxylic acids is 1. The van der Waals surface area contributed by atoms with Gasteiger partial charge in [0.2, 0.25) is 5.91 Å². The second kappa shape index (κ2) is 7.15. The van der Waals surface area contributed by atoms with Crippen LogP contribution in [-0.2, 0) is 4.79 Å². The van der Waals surface area contributed by atoms with Crippen molar-refractivity contribution in [1.82, 2.24) is 15.0 Å². The summed E-state index contributed by atoms with van der Waals surface area (Å²) in [6.45, 7) is 0. The number of hydrogen-bond acceptors (Lipinski definition) is 6. The fraction of sp³-hybridized carbons (Fsp3) is 0.182. The molecule has 29 heavy (non-hydrogen) atoms. The Balaban J connectivity index is 1.59. The minimum atomic E-state index is 0.0317. The molecule has 3 aromatic heterocycles. The number of nitrogens with one attached hydrogen (secondary N) is 2. The van der Waals surface area contributed by atoms with E-state index in [1.54, 1.807) is 23.7 Å². The lowest BCUT2D eigenvalue weighted by Crippen LogP contribution is -2.14. The minimum Gasteiger partial charge on any atom is -0.373 e. The first-order valence-electron chi connectivity index (χ1n) is 9.34. The summed E-state index contributed by atoms with van der Waals surface area (Å²) in [5.74, 6) is 7.93. The van der Waals surface area contributed by atoms with E-state index < -0.39 is 0 Å². The number of anilines is 2. The summed E-state index contributed by atoms with van der Waals surface area (Å²) in [4.78, 5) is 25.3. The zero-order chi connectivity index (χ0) is 19.8. The van der Waals surface area contributed by atoms with E-state index in [9.17, 15) is 4.79 Å². The number of hydrogen-bond donors (Lipinski definition) is 2. The number of amides is 1. The van der Waals surface area contributed by atoms with Gasteiger partial charge in [-0.15, -0.1) is 11.3 Å². The molecule has 1 saturated carbocycles. The SMILES string of the molecule is CNc1ncc(C#Cc2cccc3ncsc23)c2cc(NC(=O)C3CC3)ncc12. The number of carbonyl (C=O) groups is 1. The van der Waals surface area contributed by atoms with E-state index >= 15 is 0 Å². The molecule has 1 aliphatic carbocycles. The molecule has 1 amide bonds. The van der Waals surface area contributed by atoms with Crippen LogP contribution in [0.25, 0.3) is 21.0 Å². The Bertz CT molecular complexity index is 1310. The second-order valence-corrected chi connectivity index (χ2v) is 7.76. The van der Waals surface area contributed by atoms with Gasteiger partial charge in [0.05, 0.1) is 21.3 Å². The molecule has 1 aromatic carbocycles. The molecule has 1 fully saturated rings. The maximum atomic E-state index is 12.1. The van der Waals surface area contributed by atoms with Crippen molar-refractivity contribution in [2.45, 2.75) is 12.8 Å². The summed E-state index contributed by atoms with van der Waals surface area (Å²) in [6.07, 6.45) is 5.38. The van der Waals surface area contributed by atoms with Gasteiger partial charge in [-0.2, -0.15) is 0 Å². The highest BCUT2D eigenvalue weighted by Crippen LogP contribution is 2.31. The number of benzene rings is 1. The topological polar surface area (TPSA) is 79.8 Å². The Morgan fingerprint density at radius 2 is 1.97 bits per heavy atom. The summed E-state index contributed by atoms with van der Waals surface area (Å²) in [6, 6.07) is 7.81. The van der Waals surface area contributed by atoms with Gasteiger partial charge in [-0.25, -0.2) is 15.0 Å². The van der Waals surface area contributed by atoms with Gasteiger partial charge in [-0.1, -0.05) is 17.9 Å². The van der Waals surface area contributed by atoms with Gasteiger partial charge in [0.1, 0.15) is 11.6 Å². The van der Waals surface area contributed by atoms with Crippen molar-refractivity contribution in [3.63, 3.8) is 0 Å². The number of rotatable bonds is 3. The van der Waals surface area contributed by atoms with Crippen LogP contribution >= 0.6 is 11.3 Å². The van der Waals surface area contributed by atoms with Crippen molar-refractivity contribution in [3.05, 3.63) is 53.3 Å². The number of fused-ring (bicyclic) bond motifs is 2. The van der Waals surface area contributed by atoms with E-state index in [0.29, 0.717) is 5.82 Å². The third-order valence-corrected chi connectivity index (χ3v) is 5.77. The largest absolute Gasteiger partial charge is 0.373 e. The van der Waals surface area contributed by atoms with E-state index in [4.69, 9.17) is 0 Å². The zero-order valence-corrected chi connectivity index (χ0v) is 16.5. The van der Waals surface area contributed by atoms with Gasteiger partial charge >= 0.3 is 0 Å². The van der Waals surface area contributed by atoms with Crippen LogP contribution in [0, 0.1) is 17.8 Å². The van der Waals surface area contributed by atoms with E-state index in [-0.39, 0.29) is 11.8 Å². The van der Waals surface area contributed by atoms with Crippen molar-refractivity contribution in [1.29, 1.82) is 0 Å². The van der Waals surface area contributed by atoms with Crippen molar-refractivity contribution in [2.24, 2.45) is 5.92 Å². The first-order chi connectivity index (χ1) is 14.2. The monoisotopic (exact) mass is 399 g/mol. The van der Waals surface area contributed by atoms with E-state index in [2.05, 4.69) is 37.4 Å². The van der Waals surface area contributed by atoms with Gasteiger partial charge in [-0.05, 0) is 31.0 Å². The molecule has 3 heterocycles. The van der Waals surface area contributed by atoms with E-state index in [0.717, 1.165) is 50.8 Å². The first-order valence-corrected chi connectivity index (χ1v) is 10.2. The molecular weight excluding hydrogens is 382 g/mol. The molecule has 0 saturated heterocycles. The smallest absolute Gasteiger partial charge is 0.228 e. The quantitative estimate of drug-likeness (QED) is 0.509. The minimum absolute atomic E-state index is 0.0317. The van der Waals surface area contributed by atoms with Gasteiger partial charge in [0.25, 0.3) is 0 Å². The summed E-state index contributed by atoms with van der Waals surface area (Å²) in [5, 5.41) is 7.75. The highest BCUT2D eigenvalue weighted by Gasteiger charge is 2.29. The Hall–Kier alpha value is -3.50. The summed E-state index contributed by atoms with van der Waals surface area (Å²) in [5.41, 5.74) is 4.50. The van der Waals surface area contributed by atoms with Crippen LogP contribution < -0.4 is 10.6 Å². The van der Waals surface area contributed by atoms with Gasteiger partial charge < -0.3 is 10.6 Å². The highest BCUT2D eigenvalue weighted by atomic mass is 32.1. The molecule has 0 bridgehead atoms. The van der Waals surface area contributed by atoms with Crippen LogP contribution in [0.1, 0.15) is 24.0 Å². The fourth-order valence-corrected chi connectivity index (χ4v) is 3.95. The lowest BCUT2D eigenvalue weighted by atomic mass is 10.1. The predicted molar refractivity (Wildman–Crippen MR) is 116 cm³/mol. The Labute approximate surface area is 171 Å². The zero-order valence-electron chi connectivity index (χ0n) is 15.7. The molecule has 142 valence electrons. The van der Waals surface area contributed by atoms with Crippen LogP contribution in [0.15, 0.2) is 42.2 Å². The molecule has 0 atom stereocenters. The molecule has 0 spiro atoms. The molecule has 0 radical (unpaired) electrons. The van der Waals surface area contributed by atoms with Crippen LogP contribution in [0.5, 0.6) is 0 Å². The average molecular weight is 399 g/mol. The molecule has 0 aliphatic heterocycles. The maximum absolute atomic E-state index is 12.1.